The molecule has 1 unspecified atom stereocenters. The van der Waals surface area contributed by atoms with Crippen LogP contribution in [0, 0.1) is 0 Å². The molecule has 0 aliphatic carbocycles. The predicted octanol–water partition coefficient (Wildman–Crippen LogP) is 2.44. The van der Waals surface area contributed by atoms with Crippen LogP contribution in [0.25, 0.3) is 0 Å². The molecule has 1 amide bonds. The Bertz CT molecular complexity index is 739. The number of sulfonamides is 1. The summed E-state index contributed by atoms with van der Waals surface area (Å²) in [6.45, 7) is 3.22. The van der Waals surface area contributed by atoms with Crippen molar-refractivity contribution in [2.75, 3.05) is 38.5 Å². The van der Waals surface area contributed by atoms with Gasteiger partial charge in [0.2, 0.25) is 15.9 Å². The van der Waals surface area contributed by atoms with E-state index in [0.717, 1.165) is 24.9 Å². The maximum absolute atomic E-state index is 12.7. The van der Waals surface area contributed by atoms with E-state index in [1.807, 2.05) is 29.2 Å². The molecule has 9 heteroatoms. The van der Waals surface area contributed by atoms with Gasteiger partial charge in [-0.2, -0.15) is 0 Å². The Morgan fingerprint density at radius 3 is 2.59 bits per heavy atom. The van der Waals surface area contributed by atoms with Crippen LogP contribution in [-0.2, 0) is 14.8 Å². The number of rotatable bonds is 6. The van der Waals surface area contributed by atoms with Crippen molar-refractivity contribution in [1.29, 1.82) is 0 Å². The largest absolute Gasteiger partial charge is 0.333 e. The molecular formula is C18H27Cl2N3O3S. The fourth-order valence-corrected chi connectivity index (χ4v) is 5.51. The van der Waals surface area contributed by atoms with Gasteiger partial charge < -0.3 is 10.2 Å². The fourth-order valence-electron chi connectivity index (χ4n) is 3.67. The molecule has 0 saturated carbocycles. The summed E-state index contributed by atoms with van der Waals surface area (Å²) in [5.74, 6) is 0.0368. The van der Waals surface area contributed by atoms with E-state index in [4.69, 9.17) is 11.6 Å². The van der Waals surface area contributed by atoms with Crippen molar-refractivity contribution < 1.29 is 13.2 Å². The second-order valence-electron chi connectivity index (χ2n) is 6.85. The van der Waals surface area contributed by atoms with E-state index < -0.39 is 10.0 Å². The second kappa shape index (κ2) is 10.1. The minimum Gasteiger partial charge on any atom is -0.333 e. The lowest BCUT2D eigenvalue weighted by molar-refractivity contribution is -0.134. The summed E-state index contributed by atoms with van der Waals surface area (Å²) in [7, 11) is -3.23. The molecule has 1 N–H and O–H groups in total. The van der Waals surface area contributed by atoms with Gasteiger partial charge >= 0.3 is 0 Å². The summed E-state index contributed by atoms with van der Waals surface area (Å²) >= 11 is 6.31. The standard InChI is InChI=1S/C18H26ClN3O3S.ClH/c19-16-7-2-1-6-15(16)17-14-20-9-12-22(17)18(23)8-5-13-26(24,25)21-10-3-4-11-21;/h1-2,6-7,17,20H,3-5,8-14H2;1H. The van der Waals surface area contributed by atoms with Crippen LogP contribution in [0.1, 0.15) is 37.3 Å². The first-order valence-electron chi connectivity index (χ1n) is 9.21. The van der Waals surface area contributed by atoms with Crippen LogP contribution in [0.15, 0.2) is 24.3 Å². The SMILES string of the molecule is Cl.O=C(CCCS(=O)(=O)N1CCCC1)N1CCNCC1c1ccccc1Cl. The van der Waals surface area contributed by atoms with Crippen LogP contribution in [0.4, 0.5) is 0 Å². The van der Waals surface area contributed by atoms with Crippen molar-refractivity contribution in [2.24, 2.45) is 0 Å². The molecular weight excluding hydrogens is 409 g/mol. The Hall–Kier alpha value is -0.860. The van der Waals surface area contributed by atoms with Gasteiger partial charge in [-0.15, -0.1) is 12.4 Å². The Balaban J connectivity index is 0.00000261. The number of carbonyl (C=O) groups excluding carboxylic acids is 1. The topological polar surface area (TPSA) is 69.7 Å². The number of nitrogens with one attached hydrogen (secondary N) is 1. The van der Waals surface area contributed by atoms with E-state index >= 15 is 0 Å². The Kier molecular flexibility index (Phi) is 8.37. The molecule has 0 radical (unpaired) electrons. The summed E-state index contributed by atoms with van der Waals surface area (Å²) in [6.07, 6.45) is 2.46. The Morgan fingerprint density at radius 1 is 1.19 bits per heavy atom. The molecule has 1 atom stereocenters. The van der Waals surface area contributed by atoms with E-state index in [0.29, 0.717) is 37.6 Å². The number of piperazine rings is 1. The van der Waals surface area contributed by atoms with E-state index in [1.165, 1.54) is 0 Å². The lowest BCUT2D eigenvalue weighted by Crippen LogP contribution is -2.48. The average molecular weight is 436 g/mol. The van der Waals surface area contributed by atoms with Gasteiger partial charge in [-0.3, -0.25) is 4.79 Å². The highest BCUT2D eigenvalue weighted by atomic mass is 35.5. The highest BCUT2D eigenvalue weighted by Gasteiger charge is 2.30. The lowest BCUT2D eigenvalue weighted by Gasteiger charge is -2.37. The zero-order chi connectivity index (χ0) is 18.6. The molecule has 2 aliphatic heterocycles. The predicted molar refractivity (Wildman–Crippen MR) is 110 cm³/mol. The minimum absolute atomic E-state index is 0. The second-order valence-corrected chi connectivity index (χ2v) is 9.35. The zero-order valence-corrected chi connectivity index (χ0v) is 17.7. The molecule has 2 heterocycles. The molecule has 1 aromatic carbocycles. The first-order chi connectivity index (χ1) is 12.5. The normalized spacial score (nSPS) is 21.1. The summed E-state index contributed by atoms with van der Waals surface area (Å²) in [5, 5.41) is 3.96. The van der Waals surface area contributed by atoms with Crippen molar-refractivity contribution in [3.8, 4) is 0 Å². The minimum atomic E-state index is -3.23. The number of halogens is 2. The number of hydrogen-bond acceptors (Lipinski definition) is 4. The van der Waals surface area contributed by atoms with Gasteiger partial charge in [0.25, 0.3) is 0 Å². The fraction of sp³-hybridized carbons (Fsp3) is 0.611. The molecule has 152 valence electrons. The summed E-state index contributed by atoms with van der Waals surface area (Å²) in [6, 6.07) is 7.45. The van der Waals surface area contributed by atoms with Crippen LogP contribution in [0.3, 0.4) is 0 Å². The van der Waals surface area contributed by atoms with Gasteiger partial charge in [-0.05, 0) is 30.9 Å². The van der Waals surface area contributed by atoms with E-state index in [9.17, 15) is 13.2 Å². The van der Waals surface area contributed by atoms with Crippen molar-refractivity contribution in [2.45, 2.75) is 31.7 Å². The van der Waals surface area contributed by atoms with Crippen LogP contribution in [0.2, 0.25) is 5.02 Å². The van der Waals surface area contributed by atoms with Gasteiger partial charge in [0.15, 0.2) is 0 Å². The smallest absolute Gasteiger partial charge is 0.223 e. The van der Waals surface area contributed by atoms with E-state index in [1.54, 1.807) is 4.31 Å². The maximum atomic E-state index is 12.7. The monoisotopic (exact) mass is 435 g/mol. The number of benzene rings is 1. The number of amides is 1. The molecule has 2 fully saturated rings. The molecule has 1 aromatic rings. The summed E-state index contributed by atoms with van der Waals surface area (Å²) in [5.41, 5.74) is 0.930. The molecule has 2 aliphatic rings. The van der Waals surface area contributed by atoms with Crippen molar-refractivity contribution in [3.05, 3.63) is 34.9 Å². The van der Waals surface area contributed by atoms with Crippen molar-refractivity contribution in [1.82, 2.24) is 14.5 Å². The van der Waals surface area contributed by atoms with Gasteiger partial charge in [0.1, 0.15) is 0 Å². The maximum Gasteiger partial charge on any atom is 0.223 e. The van der Waals surface area contributed by atoms with Crippen LogP contribution in [0.5, 0.6) is 0 Å². The van der Waals surface area contributed by atoms with Gasteiger partial charge in [0.05, 0.1) is 11.8 Å². The van der Waals surface area contributed by atoms with Crippen LogP contribution in [-0.4, -0.2) is 62.0 Å². The van der Waals surface area contributed by atoms with Crippen LogP contribution < -0.4 is 5.32 Å². The first kappa shape index (κ1) is 22.4. The van der Waals surface area contributed by atoms with Crippen molar-refractivity contribution in [3.63, 3.8) is 0 Å². The molecule has 0 spiro atoms. The van der Waals surface area contributed by atoms with E-state index in [2.05, 4.69) is 5.32 Å². The third kappa shape index (κ3) is 5.57. The molecule has 27 heavy (non-hydrogen) atoms. The highest BCUT2D eigenvalue weighted by Crippen LogP contribution is 2.29. The molecule has 3 rings (SSSR count). The van der Waals surface area contributed by atoms with E-state index in [-0.39, 0.29) is 36.5 Å². The van der Waals surface area contributed by atoms with Gasteiger partial charge in [-0.1, -0.05) is 29.8 Å². The molecule has 2 saturated heterocycles. The molecule has 0 aromatic heterocycles. The molecule has 6 nitrogen and oxygen atoms in total. The number of hydrogen-bond donors (Lipinski definition) is 1. The zero-order valence-electron chi connectivity index (χ0n) is 15.3. The quantitative estimate of drug-likeness (QED) is 0.744. The summed E-state index contributed by atoms with van der Waals surface area (Å²) < 4.78 is 26.1. The molecule has 0 bridgehead atoms. The third-order valence-electron chi connectivity index (χ3n) is 5.08. The first-order valence-corrected chi connectivity index (χ1v) is 11.2. The number of nitrogens with zero attached hydrogens (tertiary/aromatic N) is 2. The number of carbonyl (C=O) groups is 1. The van der Waals surface area contributed by atoms with Crippen molar-refractivity contribution >= 4 is 39.9 Å². The third-order valence-corrected chi connectivity index (χ3v) is 7.38. The lowest BCUT2D eigenvalue weighted by atomic mass is 10.0. The Morgan fingerprint density at radius 2 is 1.89 bits per heavy atom. The van der Waals surface area contributed by atoms with Gasteiger partial charge in [-0.25, -0.2) is 12.7 Å². The highest BCUT2D eigenvalue weighted by molar-refractivity contribution is 7.89. The Labute approximate surface area is 172 Å². The summed E-state index contributed by atoms with van der Waals surface area (Å²) in [4.78, 5) is 14.6. The van der Waals surface area contributed by atoms with Crippen LogP contribution >= 0.6 is 24.0 Å². The van der Waals surface area contributed by atoms with Gasteiger partial charge in [0, 0.05) is 44.2 Å². The average Bonchev–Trinajstić information content (AvgIpc) is 3.18.